The lowest BCUT2D eigenvalue weighted by molar-refractivity contribution is -0.264. The van der Waals surface area contributed by atoms with Crippen LogP contribution in [0.2, 0.25) is 0 Å². The fourth-order valence-electron chi connectivity index (χ4n) is 0.910. The number of alkyl halides is 3. The van der Waals surface area contributed by atoms with Crippen molar-refractivity contribution < 1.29 is 27.9 Å². The number of rotatable bonds is 0. The summed E-state index contributed by atoms with van der Waals surface area (Å²) in [5.74, 6) is -2.78. The standard InChI is InChI=1S/C6H7F3N2O3/c1-2-3(12)11-5(14,4(13)10-2)6(7,8)9/h2,14H,1H3,(H,10,13)(H,11,12)/t2-,5-/m0/s1. The minimum Gasteiger partial charge on any atom is -0.356 e. The van der Waals surface area contributed by atoms with Crippen molar-refractivity contribution >= 4 is 11.8 Å². The molecule has 0 aromatic carbocycles. The van der Waals surface area contributed by atoms with Crippen LogP contribution in [0.15, 0.2) is 0 Å². The maximum atomic E-state index is 12.2. The van der Waals surface area contributed by atoms with Gasteiger partial charge in [-0.05, 0) is 6.92 Å². The number of amides is 2. The number of hydrogen-bond acceptors (Lipinski definition) is 3. The quantitative estimate of drug-likeness (QED) is 0.475. The highest BCUT2D eigenvalue weighted by atomic mass is 19.4. The topological polar surface area (TPSA) is 78.4 Å². The average molecular weight is 212 g/mol. The fourth-order valence-corrected chi connectivity index (χ4v) is 0.910. The Balaban J connectivity index is 3.01. The van der Waals surface area contributed by atoms with E-state index < -0.39 is 29.8 Å². The maximum Gasteiger partial charge on any atom is 0.446 e. The van der Waals surface area contributed by atoms with E-state index in [0.29, 0.717) is 0 Å². The summed E-state index contributed by atoms with van der Waals surface area (Å²) >= 11 is 0. The van der Waals surface area contributed by atoms with Crippen LogP contribution in [0.3, 0.4) is 0 Å². The molecule has 80 valence electrons. The molecule has 0 radical (unpaired) electrons. The SMILES string of the molecule is C[C@@H]1NC(=O)[C@](O)(C(F)(F)F)NC1=O. The van der Waals surface area contributed by atoms with Gasteiger partial charge in [0.15, 0.2) is 0 Å². The van der Waals surface area contributed by atoms with Crippen LogP contribution in [0.5, 0.6) is 0 Å². The van der Waals surface area contributed by atoms with Gasteiger partial charge in [-0.3, -0.25) is 9.59 Å². The average Bonchev–Trinajstić information content (AvgIpc) is 1.99. The second kappa shape index (κ2) is 2.84. The van der Waals surface area contributed by atoms with Gasteiger partial charge >= 0.3 is 11.9 Å². The van der Waals surface area contributed by atoms with E-state index in [1.54, 1.807) is 5.32 Å². The third-order valence-corrected chi connectivity index (χ3v) is 1.78. The Kier molecular flexibility index (Phi) is 2.18. The number of piperazine rings is 1. The Morgan fingerprint density at radius 3 is 2.36 bits per heavy atom. The van der Waals surface area contributed by atoms with E-state index in [1.807, 2.05) is 0 Å². The summed E-state index contributed by atoms with van der Waals surface area (Å²) < 4.78 is 36.5. The Bertz CT molecular complexity index is 291. The molecule has 5 nitrogen and oxygen atoms in total. The molecule has 1 fully saturated rings. The molecule has 2 amide bonds. The van der Waals surface area contributed by atoms with Crippen molar-refractivity contribution in [1.82, 2.24) is 10.6 Å². The maximum absolute atomic E-state index is 12.2. The van der Waals surface area contributed by atoms with Gasteiger partial charge in [0.05, 0.1) is 0 Å². The van der Waals surface area contributed by atoms with Gasteiger partial charge in [0.2, 0.25) is 5.91 Å². The van der Waals surface area contributed by atoms with Crippen LogP contribution >= 0.6 is 0 Å². The first kappa shape index (κ1) is 10.8. The molecular formula is C6H7F3N2O3. The van der Waals surface area contributed by atoms with Crippen LogP contribution in [-0.2, 0) is 9.59 Å². The van der Waals surface area contributed by atoms with Crippen LogP contribution < -0.4 is 10.6 Å². The molecular weight excluding hydrogens is 205 g/mol. The van der Waals surface area contributed by atoms with Crippen molar-refractivity contribution in [2.75, 3.05) is 0 Å². The zero-order chi connectivity index (χ0) is 11.1. The third-order valence-electron chi connectivity index (χ3n) is 1.78. The summed E-state index contributed by atoms with van der Waals surface area (Å²) in [4.78, 5) is 21.6. The van der Waals surface area contributed by atoms with Gasteiger partial charge in [0, 0.05) is 0 Å². The molecule has 1 saturated heterocycles. The minimum atomic E-state index is -5.24. The molecule has 0 aromatic rings. The molecule has 1 rings (SSSR count). The van der Waals surface area contributed by atoms with Crippen LogP contribution in [-0.4, -0.2) is 34.9 Å². The number of halogens is 3. The number of hydrogen-bond donors (Lipinski definition) is 3. The van der Waals surface area contributed by atoms with E-state index in [1.165, 1.54) is 12.2 Å². The molecule has 3 N–H and O–H groups in total. The van der Waals surface area contributed by atoms with Crippen LogP contribution in [0.1, 0.15) is 6.92 Å². The Labute approximate surface area is 76.3 Å². The molecule has 0 aliphatic carbocycles. The first-order chi connectivity index (χ1) is 6.18. The molecule has 14 heavy (non-hydrogen) atoms. The van der Waals surface area contributed by atoms with Gasteiger partial charge in [-0.25, -0.2) is 0 Å². The first-order valence-corrected chi connectivity index (χ1v) is 3.60. The molecule has 0 spiro atoms. The lowest BCUT2D eigenvalue weighted by Crippen LogP contribution is -2.74. The van der Waals surface area contributed by atoms with E-state index in [9.17, 15) is 22.8 Å². The molecule has 1 heterocycles. The van der Waals surface area contributed by atoms with Gasteiger partial charge in [0.1, 0.15) is 6.04 Å². The van der Waals surface area contributed by atoms with E-state index in [-0.39, 0.29) is 0 Å². The number of aliphatic hydroxyl groups is 1. The predicted molar refractivity (Wildman–Crippen MR) is 36.8 cm³/mol. The summed E-state index contributed by atoms with van der Waals surface area (Å²) in [6.07, 6.45) is -5.24. The highest BCUT2D eigenvalue weighted by molar-refractivity contribution is 5.98. The van der Waals surface area contributed by atoms with Gasteiger partial charge in [-0.2, -0.15) is 13.2 Å². The second-order valence-corrected chi connectivity index (χ2v) is 2.89. The second-order valence-electron chi connectivity index (χ2n) is 2.89. The van der Waals surface area contributed by atoms with Crippen LogP contribution in [0, 0.1) is 0 Å². The molecule has 0 saturated carbocycles. The van der Waals surface area contributed by atoms with E-state index in [2.05, 4.69) is 0 Å². The van der Waals surface area contributed by atoms with Gasteiger partial charge < -0.3 is 15.7 Å². The van der Waals surface area contributed by atoms with Gasteiger partial charge in [0.25, 0.3) is 5.91 Å². The van der Waals surface area contributed by atoms with Crippen LogP contribution in [0.25, 0.3) is 0 Å². The fraction of sp³-hybridized carbons (Fsp3) is 0.667. The van der Waals surface area contributed by atoms with E-state index >= 15 is 0 Å². The summed E-state index contributed by atoms with van der Waals surface area (Å²) in [7, 11) is 0. The van der Waals surface area contributed by atoms with Crippen molar-refractivity contribution in [3.63, 3.8) is 0 Å². The molecule has 0 unspecified atom stereocenters. The van der Waals surface area contributed by atoms with Crippen molar-refractivity contribution in [3.05, 3.63) is 0 Å². The highest BCUT2D eigenvalue weighted by Gasteiger charge is 2.63. The molecule has 0 bridgehead atoms. The Morgan fingerprint density at radius 1 is 1.43 bits per heavy atom. The Morgan fingerprint density at radius 2 is 1.93 bits per heavy atom. The summed E-state index contributed by atoms with van der Waals surface area (Å²) in [5.41, 5.74) is -3.82. The summed E-state index contributed by atoms with van der Waals surface area (Å²) in [6, 6.07) is -1.09. The lowest BCUT2D eigenvalue weighted by atomic mass is 10.1. The number of nitrogens with one attached hydrogen (secondary N) is 2. The highest BCUT2D eigenvalue weighted by Crippen LogP contribution is 2.29. The Hall–Kier alpha value is -1.31. The molecule has 1 aliphatic heterocycles. The lowest BCUT2D eigenvalue weighted by Gasteiger charge is -2.35. The van der Waals surface area contributed by atoms with Crippen molar-refractivity contribution in [1.29, 1.82) is 0 Å². The van der Waals surface area contributed by atoms with Gasteiger partial charge in [-0.1, -0.05) is 0 Å². The van der Waals surface area contributed by atoms with Crippen molar-refractivity contribution in [2.45, 2.75) is 24.9 Å². The third kappa shape index (κ3) is 1.41. The minimum absolute atomic E-state index is 1.09. The monoisotopic (exact) mass is 212 g/mol. The van der Waals surface area contributed by atoms with Crippen LogP contribution in [0.4, 0.5) is 13.2 Å². The largest absolute Gasteiger partial charge is 0.446 e. The smallest absolute Gasteiger partial charge is 0.356 e. The summed E-state index contributed by atoms with van der Waals surface area (Å²) in [5, 5.41) is 11.8. The summed E-state index contributed by atoms with van der Waals surface area (Å²) in [6.45, 7) is 1.20. The molecule has 2 atom stereocenters. The van der Waals surface area contributed by atoms with Gasteiger partial charge in [-0.15, -0.1) is 0 Å². The number of carbonyl (C=O) groups is 2. The first-order valence-electron chi connectivity index (χ1n) is 3.60. The van der Waals surface area contributed by atoms with E-state index in [0.717, 1.165) is 0 Å². The molecule has 8 heteroatoms. The normalized spacial score (nSPS) is 33.6. The zero-order valence-corrected chi connectivity index (χ0v) is 6.97. The predicted octanol–water partition coefficient (Wildman–Crippen LogP) is -1.13. The van der Waals surface area contributed by atoms with Crippen molar-refractivity contribution in [2.24, 2.45) is 0 Å². The van der Waals surface area contributed by atoms with Crippen molar-refractivity contribution in [3.8, 4) is 0 Å². The number of carbonyl (C=O) groups excluding carboxylic acids is 2. The molecule has 1 aliphatic rings. The van der Waals surface area contributed by atoms with E-state index in [4.69, 9.17) is 5.11 Å². The zero-order valence-electron chi connectivity index (χ0n) is 6.97. The molecule has 0 aromatic heterocycles.